The molecule has 0 bridgehead atoms. The highest BCUT2D eigenvalue weighted by molar-refractivity contribution is 5.92. The van der Waals surface area contributed by atoms with Crippen molar-refractivity contribution in [3.63, 3.8) is 0 Å². The van der Waals surface area contributed by atoms with Crippen LogP contribution in [0.15, 0.2) is 6.07 Å². The van der Waals surface area contributed by atoms with Crippen molar-refractivity contribution in [1.82, 2.24) is 0 Å². The van der Waals surface area contributed by atoms with Crippen LogP contribution in [0.2, 0.25) is 0 Å². The van der Waals surface area contributed by atoms with Crippen LogP contribution in [0.1, 0.15) is 132 Å². The highest BCUT2D eigenvalue weighted by atomic mass is 16.5. The van der Waals surface area contributed by atoms with Gasteiger partial charge in [0.2, 0.25) is 0 Å². The molecule has 0 unspecified atom stereocenters. The topological polar surface area (TPSA) is 46.5 Å². The van der Waals surface area contributed by atoms with Gasteiger partial charge in [0.05, 0.1) is 12.2 Å². The third-order valence-corrected chi connectivity index (χ3v) is 5.91. The predicted molar refractivity (Wildman–Crippen MR) is 128 cm³/mol. The molecule has 3 heteroatoms. The minimum absolute atomic E-state index is 0.203. The van der Waals surface area contributed by atoms with Crippen LogP contribution in [0.4, 0.5) is 0 Å². The summed E-state index contributed by atoms with van der Waals surface area (Å²) in [7, 11) is 0. The van der Waals surface area contributed by atoms with Crippen molar-refractivity contribution in [2.75, 3.05) is 6.61 Å². The van der Waals surface area contributed by atoms with Crippen molar-refractivity contribution in [3.8, 4) is 5.75 Å². The van der Waals surface area contributed by atoms with Crippen LogP contribution in [-0.2, 0) is 24.0 Å². The summed E-state index contributed by atoms with van der Waals surface area (Å²) in [4.78, 5) is 13.0. The molecular weight excluding hydrogens is 372 g/mol. The number of benzene rings is 1. The van der Waals surface area contributed by atoms with E-state index in [9.17, 15) is 9.90 Å². The lowest BCUT2D eigenvalue weighted by Crippen LogP contribution is -2.13. The number of rotatable bonds is 17. The molecule has 0 radical (unpaired) electrons. The van der Waals surface area contributed by atoms with E-state index in [0.717, 1.165) is 113 Å². The monoisotopic (exact) mass is 418 g/mol. The molecule has 172 valence electrons. The van der Waals surface area contributed by atoms with E-state index in [-0.39, 0.29) is 5.97 Å². The van der Waals surface area contributed by atoms with E-state index < -0.39 is 0 Å². The maximum atomic E-state index is 13.0. The Morgan fingerprint density at radius 1 is 0.733 bits per heavy atom. The first kappa shape index (κ1) is 26.5. The van der Waals surface area contributed by atoms with E-state index in [1.54, 1.807) is 0 Å². The second kappa shape index (κ2) is 16.2. The first-order valence-electron chi connectivity index (χ1n) is 12.6. The van der Waals surface area contributed by atoms with Crippen LogP contribution in [0, 0.1) is 0 Å². The van der Waals surface area contributed by atoms with E-state index in [1.807, 2.05) is 6.07 Å². The number of aryl methyl sites for hydroxylation is 1. The summed E-state index contributed by atoms with van der Waals surface area (Å²) >= 11 is 0. The number of ether oxygens (including phenoxy) is 1. The summed E-state index contributed by atoms with van der Waals surface area (Å²) < 4.78 is 5.66. The zero-order valence-electron chi connectivity index (χ0n) is 20.2. The van der Waals surface area contributed by atoms with Gasteiger partial charge >= 0.3 is 5.97 Å². The highest BCUT2D eigenvalue weighted by Gasteiger charge is 2.22. The van der Waals surface area contributed by atoms with E-state index in [0.29, 0.717) is 17.9 Å². The third-order valence-electron chi connectivity index (χ3n) is 5.91. The van der Waals surface area contributed by atoms with Gasteiger partial charge in [-0.05, 0) is 67.7 Å². The number of carbonyl (C=O) groups excluding carboxylic acids is 1. The number of aromatic hydroxyl groups is 1. The average molecular weight is 419 g/mol. The molecule has 0 aromatic heterocycles. The molecule has 1 aromatic carbocycles. The number of phenols is 1. The van der Waals surface area contributed by atoms with Crippen LogP contribution in [0.25, 0.3) is 0 Å². The van der Waals surface area contributed by atoms with Gasteiger partial charge in [0, 0.05) is 0 Å². The zero-order chi connectivity index (χ0) is 22.2. The van der Waals surface area contributed by atoms with E-state index >= 15 is 0 Å². The van der Waals surface area contributed by atoms with Gasteiger partial charge in [0.1, 0.15) is 5.75 Å². The Morgan fingerprint density at radius 3 is 1.80 bits per heavy atom. The van der Waals surface area contributed by atoms with Gasteiger partial charge in [-0.1, -0.05) is 79.1 Å². The minimum atomic E-state index is -0.203. The molecule has 1 aromatic rings. The molecule has 1 N–H and O–H groups in total. The van der Waals surface area contributed by atoms with Crippen molar-refractivity contribution in [2.24, 2.45) is 0 Å². The molecule has 0 aliphatic heterocycles. The van der Waals surface area contributed by atoms with Crippen LogP contribution >= 0.6 is 0 Å². The number of hydrogen-bond acceptors (Lipinski definition) is 3. The Labute approximate surface area is 185 Å². The normalized spacial score (nSPS) is 11.1. The molecule has 30 heavy (non-hydrogen) atoms. The number of carbonyl (C=O) groups is 1. The molecule has 0 aliphatic carbocycles. The first-order valence-corrected chi connectivity index (χ1v) is 12.6. The Kier molecular flexibility index (Phi) is 14.3. The second-order valence-electron chi connectivity index (χ2n) is 8.60. The van der Waals surface area contributed by atoms with Gasteiger partial charge in [-0.2, -0.15) is 0 Å². The molecule has 0 atom stereocenters. The summed E-state index contributed by atoms with van der Waals surface area (Å²) in [6, 6.07) is 1.94. The fourth-order valence-electron chi connectivity index (χ4n) is 4.02. The average Bonchev–Trinajstić information content (AvgIpc) is 2.74. The van der Waals surface area contributed by atoms with Gasteiger partial charge in [0.25, 0.3) is 0 Å². The minimum Gasteiger partial charge on any atom is -0.507 e. The maximum absolute atomic E-state index is 13.0. The number of esters is 1. The molecule has 0 amide bonds. The lowest BCUT2D eigenvalue weighted by atomic mass is 9.88. The fraction of sp³-hybridized carbons (Fsp3) is 0.741. The van der Waals surface area contributed by atoms with E-state index in [1.165, 1.54) is 0 Å². The Bertz CT molecular complexity index is 607. The molecule has 0 aliphatic rings. The van der Waals surface area contributed by atoms with Gasteiger partial charge in [-0.15, -0.1) is 0 Å². The SMILES string of the molecule is CCCCCOC(=O)c1cc(CCCCC)c(O)c(CCCCC)c1CCCCC. The van der Waals surface area contributed by atoms with Gasteiger partial charge in [-0.3, -0.25) is 0 Å². The van der Waals surface area contributed by atoms with Crippen molar-refractivity contribution < 1.29 is 14.6 Å². The second-order valence-corrected chi connectivity index (χ2v) is 8.60. The highest BCUT2D eigenvalue weighted by Crippen LogP contribution is 2.34. The molecule has 0 saturated carbocycles. The van der Waals surface area contributed by atoms with Crippen LogP contribution in [0.3, 0.4) is 0 Å². The third kappa shape index (κ3) is 9.10. The number of phenolic OH excluding ortho intramolecular Hbond substituents is 1. The van der Waals surface area contributed by atoms with Crippen molar-refractivity contribution in [1.29, 1.82) is 0 Å². The maximum Gasteiger partial charge on any atom is 0.338 e. The van der Waals surface area contributed by atoms with Gasteiger partial charge in [0.15, 0.2) is 0 Å². The van der Waals surface area contributed by atoms with Crippen LogP contribution < -0.4 is 0 Å². The molecule has 0 saturated heterocycles. The summed E-state index contributed by atoms with van der Waals surface area (Å²) in [5.41, 5.74) is 3.68. The Hall–Kier alpha value is -1.51. The number of hydrogen-bond donors (Lipinski definition) is 1. The fourth-order valence-corrected chi connectivity index (χ4v) is 4.02. The number of unbranched alkanes of at least 4 members (excludes halogenated alkanes) is 8. The van der Waals surface area contributed by atoms with Gasteiger partial charge in [-0.25, -0.2) is 4.79 Å². The molecule has 0 heterocycles. The Balaban J connectivity index is 3.25. The van der Waals surface area contributed by atoms with Crippen LogP contribution in [0.5, 0.6) is 5.75 Å². The first-order chi connectivity index (χ1) is 14.6. The van der Waals surface area contributed by atoms with Gasteiger partial charge < -0.3 is 9.84 Å². The van der Waals surface area contributed by atoms with Crippen LogP contribution in [-0.4, -0.2) is 17.7 Å². The summed E-state index contributed by atoms with van der Waals surface area (Å²) in [5.74, 6) is 0.238. The summed E-state index contributed by atoms with van der Waals surface area (Å²) in [5, 5.41) is 11.1. The predicted octanol–water partition coefficient (Wildman–Crippen LogP) is 7.94. The van der Waals surface area contributed by atoms with Crippen molar-refractivity contribution >= 4 is 5.97 Å². The molecule has 3 nitrogen and oxygen atoms in total. The van der Waals surface area contributed by atoms with E-state index in [2.05, 4.69) is 27.7 Å². The van der Waals surface area contributed by atoms with E-state index in [4.69, 9.17) is 4.74 Å². The van der Waals surface area contributed by atoms with Crippen molar-refractivity contribution in [2.45, 2.75) is 124 Å². The molecular formula is C27H46O3. The zero-order valence-corrected chi connectivity index (χ0v) is 20.2. The molecule has 1 rings (SSSR count). The smallest absolute Gasteiger partial charge is 0.338 e. The lowest BCUT2D eigenvalue weighted by Gasteiger charge is -2.19. The standard InChI is InChI=1S/C27H46O3/c1-5-9-13-17-22-21-25(27(29)30-20-16-12-8-4)23(18-14-10-6-2)24(26(22)28)19-15-11-7-3/h21,28H,5-20H2,1-4H3. The lowest BCUT2D eigenvalue weighted by molar-refractivity contribution is 0.0496. The molecule has 0 fully saturated rings. The largest absolute Gasteiger partial charge is 0.507 e. The quantitative estimate of drug-likeness (QED) is 0.206. The summed E-state index contributed by atoms with van der Waals surface area (Å²) in [6.07, 6.45) is 15.6. The van der Waals surface area contributed by atoms with Crippen molar-refractivity contribution in [3.05, 3.63) is 28.3 Å². The Morgan fingerprint density at radius 2 is 1.23 bits per heavy atom. The molecule has 0 spiro atoms. The summed E-state index contributed by atoms with van der Waals surface area (Å²) in [6.45, 7) is 9.21.